The number of nitrogens with two attached hydrogens (primary N) is 2. The van der Waals surface area contributed by atoms with Gasteiger partial charge in [-0.05, 0) is 30.7 Å². The predicted molar refractivity (Wildman–Crippen MR) is 73.8 cm³/mol. The van der Waals surface area contributed by atoms with Gasteiger partial charge in [-0.3, -0.25) is 0 Å². The van der Waals surface area contributed by atoms with Crippen molar-refractivity contribution in [3.8, 4) is 0 Å². The third-order valence-electron chi connectivity index (χ3n) is 2.74. The van der Waals surface area contributed by atoms with Crippen molar-refractivity contribution in [2.75, 3.05) is 11.9 Å². The average Bonchev–Trinajstić information content (AvgIpc) is 2.34. The van der Waals surface area contributed by atoms with Crippen LogP contribution in [-0.4, -0.2) is 21.0 Å². The van der Waals surface area contributed by atoms with E-state index in [1.54, 1.807) is 12.1 Å². The number of hydrogen-bond donors (Lipinski definition) is 3. The van der Waals surface area contributed by atoms with E-state index in [1.165, 1.54) is 12.1 Å². The van der Waals surface area contributed by atoms with Gasteiger partial charge in [-0.2, -0.15) is 0 Å². The minimum Gasteiger partial charge on any atom is -0.381 e. The second kappa shape index (κ2) is 6.72. The zero-order valence-corrected chi connectivity index (χ0v) is 11.4. The van der Waals surface area contributed by atoms with Gasteiger partial charge in [0.05, 0.1) is 4.90 Å². The van der Waals surface area contributed by atoms with E-state index in [0.717, 1.165) is 24.9 Å². The SMILES string of the molecule is CCCCC(CN)Nc1ccc(S(N)(=O)=O)cc1. The summed E-state index contributed by atoms with van der Waals surface area (Å²) in [6.07, 6.45) is 3.25. The molecule has 0 aliphatic carbocycles. The average molecular weight is 271 g/mol. The summed E-state index contributed by atoms with van der Waals surface area (Å²) in [4.78, 5) is 0.117. The lowest BCUT2D eigenvalue weighted by molar-refractivity contribution is 0.597. The zero-order chi connectivity index (χ0) is 13.6. The highest BCUT2D eigenvalue weighted by atomic mass is 32.2. The van der Waals surface area contributed by atoms with E-state index in [9.17, 15) is 8.42 Å². The van der Waals surface area contributed by atoms with Crippen LogP contribution in [0.1, 0.15) is 26.2 Å². The van der Waals surface area contributed by atoms with Crippen LogP contribution in [0.2, 0.25) is 0 Å². The fourth-order valence-corrected chi connectivity index (χ4v) is 2.19. The lowest BCUT2D eigenvalue weighted by atomic mass is 10.1. The van der Waals surface area contributed by atoms with Crippen molar-refractivity contribution in [3.05, 3.63) is 24.3 Å². The molecule has 1 rings (SSSR count). The smallest absolute Gasteiger partial charge is 0.238 e. The molecule has 0 aliphatic rings. The van der Waals surface area contributed by atoms with Crippen molar-refractivity contribution in [1.29, 1.82) is 0 Å². The molecule has 0 radical (unpaired) electrons. The van der Waals surface area contributed by atoms with E-state index in [2.05, 4.69) is 12.2 Å². The van der Waals surface area contributed by atoms with Gasteiger partial charge in [0.1, 0.15) is 0 Å². The van der Waals surface area contributed by atoms with Gasteiger partial charge < -0.3 is 11.1 Å². The molecule has 18 heavy (non-hydrogen) atoms. The second-order valence-electron chi connectivity index (χ2n) is 4.29. The quantitative estimate of drug-likeness (QED) is 0.695. The maximum absolute atomic E-state index is 11.1. The van der Waals surface area contributed by atoms with Crippen LogP contribution in [0.4, 0.5) is 5.69 Å². The van der Waals surface area contributed by atoms with Crippen LogP contribution in [0, 0.1) is 0 Å². The Bertz CT molecular complexity index is 457. The van der Waals surface area contributed by atoms with Crippen LogP contribution in [-0.2, 0) is 10.0 Å². The molecule has 0 spiro atoms. The standard InChI is InChI=1S/C12H21N3O2S/c1-2-3-4-11(9-13)15-10-5-7-12(8-6-10)18(14,16)17/h5-8,11,15H,2-4,9,13H2,1H3,(H2,14,16,17). The normalized spacial score (nSPS) is 13.3. The molecule has 0 aliphatic heterocycles. The molecule has 5 nitrogen and oxygen atoms in total. The molecule has 0 heterocycles. The van der Waals surface area contributed by atoms with Crippen molar-refractivity contribution in [2.45, 2.75) is 37.1 Å². The molecule has 102 valence electrons. The summed E-state index contributed by atoms with van der Waals surface area (Å²) in [6, 6.07) is 6.60. The number of primary sulfonamides is 1. The van der Waals surface area contributed by atoms with Gasteiger partial charge in [-0.25, -0.2) is 13.6 Å². The molecular formula is C12H21N3O2S. The number of sulfonamides is 1. The van der Waals surface area contributed by atoms with E-state index in [0.29, 0.717) is 6.54 Å². The maximum atomic E-state index is 11.1. The van der Waals surface area contributed by atoms with Gasteiger partial charge in [-0.1, -0.05) is 19.8 Å². The second-order valence-corrected chi connectivity index (χ2v) is 5.85. The predicted octanol–water partition coefficient (Wildman–Crippen LogP) is 1.26. The molecule has 0 saturated carbocycles. The Kier molecular flexibility index (Phi) is 5.58. The largest absolute Gasteiger partial charge is 0.381 e. The molecule has 0 saturated heterocycles. The monoisotopic (exact) mass is 271 g/mol. The molecule has 0 aromatic heterocycles. The Balaban J connectivity index is 2.68. The maximum Gasteiger partial charge on any atom is 0.238 e. The van der Waals surface area contributed by atoms with Crippen LogP contribution in [0.3, 0.4) is 0 Å². The van der Waals surface area contributed by atoms with E-state index in [4.69, 9.17) is 10.9 Å². The van der Waals surface area contributed by atoms with Crippen molar-refractivity contribution in [1.82, 2.24) is 0 Å². The van der Waals surface area contributed by atoms with Crippen LogP contribution < -0.4 is 16.2 Å². The van der Waals surface area contributed by atoms with Crippen LogP contribution in [0.25, 0.3) is 0 Å². The summed E-state index contributed by atoms with van der Waals surface area (Å²) in [5, 5.41) is 8.31. The number of benzene rings is 1. The highest BCUT2D eigenvalue weighted by molar-refractivity contribution is 7.89. The van der Waals surface area contributed by atoms with E-state index in [-0.39, 0.29) is 10.9 Å². The van der Waals surface area contributed by atoms with Crippen molar-refractivity contribution < 1.29 is 8.42 Å². The molecule has 0 bridgehead atoms. The van der Waals surface area contributed by atoms with Crippen LogP contribution >= 0.6 is 0 Å². The summed E-state index contributed by atoms with van der Waals surface area (Å²) in [5.41, 5.74) is 6.54. The molecule has 1 unspecified atom stereocenters. The van der Waals surface area contributed by atoms with Gasteiger partial charge in [0, 0.05) is 18.3 Å². The minimum absolute atomic E-state index is 0.117. The highest BCUT2D eigenvalue weighted by Crippen LogP contribution is 2.14. The summed E-state index contributed by atoms with van der Waals surface area (Å²) < 4.78 is 22.2. The number of anilines is 1. The topological polar surface area (TPSA) is 98.2 Å². The Morgan fingerprint density at radius 1 is 1.28 bits per heavy atom. The molecular weight excluding hydrogens is 250 g/mol. The Labute approximate surface area is 109 Å². The third kappa shape index (κ3) is 4.64. The Morgan fingerprint density at radius 3 is 2.33 bits per heavy atom. The lowest BCUT2D eigenvalue weighted by Gasteiger charge is -2.17. The van der Waals surface area contributed by atoms with Crippen LogP contribution in [0.5, 0.6) is 0 Å². The number of rotatable bonds is 7. The van der Waals surface area contributed by atoms with Gasteiger partial charge in [0.15, 0.2) is 0 Å². The van der Waals surface area contributed by atoms with Crippen molar-refractivity contribution in [3.63, 3.8) is 0 Å². The zero-order valence-electron chi connectivity index (χ0n) is 10.6. The van der Waals surface area contributed by atoms with Gasteiger partial charge in [-0.15, -0.1) is 0 Å². The molecule has 5 N–H and O–H groups in total. The third-order valence-corrected chi connectivity index (χ3v) is 3.67. The van der Waals surface area contributed by atoms with Crippen molar-refractivity contribution >= 4 is 15.7 Å². The number of hydrogen-bond acceptors (Lipinski definition) is 4. The van der Waals surface area contributed by atoms with Crippen molar-refractivity contribution in [2.24, 2.45) is 10.9 Å². The summed E-state index contributed by atoms with van der Waals surface area (Å²) in [5.74, 6) is 0. The fraction of sp³-hybridized carbons (Fsp3) is 0.500. The first-order valence-corrected chi connectivity index (χ1v) is 7.61. The molecule has 1 atom stereocenters. The molecule has 0 amide bonds. The number of nitrogens with one attached hydrogen (secondary N) is 1. The summed E-state index contributed by atoms with van der Waals surface area (Å²) in [7, 11) is -3.62. The Hall–Kier alpha value is -1.11. The van der Waals surface area contributed by atoms with E-state index >= 15 is 0 Å². The molecule has 6 heteroatoms. The van der Waals surface area contributed by atoms with Gasteiger partial charge >= 0.3 is 0 Å². The van der Waals surface area contributed by atoms with Gasteiger partial charge in [0.2, 0.25) is 10.0 Å². The first kappa shape index (κ1) is 14.9. The van der Waals surface area contributed by atoms with Crippen LogP contribution in [0.15, 0.2) is 29.2 Å². The summed E-state index contributed by atoms with van der Waals surface area (Å²) >= 11 is 0. The fourth-order valence-electron chi connectivity index (χ4n) is 1.68. The molecule has 1 aromatic rings. The first-order chi connectivity index (χ1) is 8.47. The summed E-state index contributed by atoms with van der Waals surface area (Å²) in [6.45, 7) is 2.69. The Morgan fingerprint density at radius 2 is 1.89 bits per heavy atom. The highest BCUT2D eigenvalue weighted by Gasteiger charge is 2.09. The molecule has 1 aromatic carbocycles. The van der Waals surface area contributed by atoms with Gasteiger partial charge in [0.25, 0.3) is 0 Å². The molecule has 0 fully saturated rings. The first-order valence-electron chi connectivity index (χ1n) is 6.07. The van der Waals surface area contributed by atoms with E-state index in [1.807, 2.05) is 0 Å². The minimum atomic E-state index is -3.62. The lowest BCUT2D eigenvalue weighted by Crippen LogP contribution is -2.28. The van der Waals surface area contributed by atoms with E-state index < -0.39 is 10.0 Å². The number of unbranched alkanes of at least 4 members (excludes halogenated alkanes) is 1.